The van der Waals surface area contributed by atoms with Crippen LogP contribution in [0.5, 0.6) is 0 Å². The summed E-state index contributed by atoms with van der Waals surface area (Å²) in [4.78, 5) is 4.18. The molecular weight excluding hydrogens is 182 g/mol. The zero-order chi connectivity index (χ0) is 9.80. The minimum absolute atomic E-state index is 0.434. The van der Waals surface area contributed by atoms with E-state index in [-0.39, 0.29) is 0 Å². The maximum absolute atomic E-state index is 5.17. The zero-order valence-corrected chi connectivity index (χ0v) is 8.32. The van der Waals surface area contributed by atoms with Gasteiger partial charge in [-0.3, -0.25) is 0 Å². The van der Waals surface area contributed by atoms with E-state index < -0.39 is 0 Å². The maximum atomic E-state index is 5.17. The Hall–Kier alpha value is -0.940. The summed E-state index contributed by atoms with van der Waals surface area (Å²) >= 11 is 0. The molecule has 0 unspecified atom stereocenters. The molecule has 1 fully saturated rings. The van der Waals surface area contributed by atoms with Crippen LogP contribution in [0.2, 0.25) is 0 Å². The van der Waals surface area contributed by atoms with E-state index in [0.717, 1.165) is 0 Å². The molecule has 1 aliphatic rings. The molecule has 0 spiro atoms. The number of rotatable bonds is 6. The van der Waals surface area contributed by atoms with Crippen LogP contribution >= 0.6 is 0 Å². The molecule has 1 aromatic rings. The Bertz CT molecular complexity index is 283. The molecule has 2 rings (SSSR count). The van der Waals surface area contributed by atoms with E-state index in [0.29, 0.717) is 37.5 Å². The van der Waals surface area contributed by atoms with Crippen molar-refractivity contribution in [1.82, 2.24) is 15.5 Å². The predicted octanol–water partition coefficient (Wildman–Crippen LogP) is 0.858. The summed E-state index contributed by atoms with van der Waals surface area (Å²) in [7, 11) is 0. The van der Waals surface area contributed by atoms with E-state index in [1.54, 1.807) is 0 Å². The van der Waals surface area contributed by atoms with Crippen molar-refractivity contribution in [3.05, 3.63) is 11.7 Å². The normalized spacial score (nSPS) is 16.1. The van der Waals surface area contributed by atoms with Crippen LogP contribution in [-0.4, -0.2) is 22.8 Å². The van der Waals surface area contributed by atoms with Crippen LogP contribution in [0, 0.1) is 0 Å². The summed E-state index contributed by atoms with van der Waals surface area (Å²) in [5.41, 5.74) is 0. The van der Waals surface area contributed by atoms with Crippen molar-refractivity contribution >= 4 is 0 Å². The summed E-state index contributed by atoms with van der Waals surface area (Å²) in [6.45, 7) is 3.72. The molecule has 0 saturated heterocycles. The molecule has 1 saturated carbocycles. The lowest BCUT2D eigenvalue weighted by Crippen LogP contribution is -2.15. The van der Waals surface area contributed by atoms with Crippen molar-refractivity contribution < 1.29 is 9.26 Å². The Morgan fingerprint density at radius 1 is 1.57 bits per heavy atom. The first-order chi connectivity index (χ1) is 6.88. The average Bonchev–Trinajstić information content (AvgIpc) is 2.92. The van der Waals surface area contributed by atoms with Crippen LogP contribution in [0.3, 0.4) is 0 Å². The van der Waals surface area contributed by atoms with Gasteiger partial charge in [-0.1, -0.05) is 5.16 Å². The number of nitrogens with one attached hydrogen (secondary N) is 1. The highest BCUT2D eigenvalue weighted by atomic mass is 16.5. The molecule has 0 aliphatic heterocycles. The monoisotopic (exact) mass is 197 g/mol. The Morgan fingerprint density at radius 2 is 2.43 bits per heavy atom. The average molecular weight is 197 g/mol. The van der Waals surface area contributed by atoms with E-state index >= 15 is 0 Å². The minimum Gasteiger partial charge on any atom is -0.374 e. The fraction of sp³-hybridized carbons (Fsp3) is 0.778. The fourth-order valence-electron chi connectivity index (χ4n) is 1.13. The summed E-state index contributed by atoms with van der Waals surface area (Å²) in [5, 5.41) is 7.11. The van der Waals surface area contributed by atoms with Gasteiger partial charge in [0.1, 0.15) is 6.61 Å². The van der Waals surface area contributed by atoms with Gasteiger partial charge in [-0.2, -0.15) is 4.98 Å². The molecule has 5 nitrogen and oxygen atoms in total. The molecule has 0 bridgehead atoms. The minimum atomic E-state index is 0.434. The Kier molecular flexibility index (Phi) is 3.10. The SMILES string of the molecule is CCOCc1noc(CNC2CC2)n1. The second kappa shape index (κ2) is 4.52. The van der Waals surface area contributed by atoms with Gasteiger partial charge < -0.3 is 14.6 Å². The largest absolute Gasteiger partial charge is 0.374 e. The predicted molar refractivity (Wildman–Crippen MR) is 49.5 cm³/mol. The molecular formula is C9H15N3O2. The van der Waals surface area contributed by atoms with Gasteiger partial charge in [-0.05, 0) is 19.8 Å². The van der Waals surface area contributed by atoms with Crippen LogP contribution in [-0.2, 0) is 17.9 Å². The molecule has 1 aliphatic carbocycles. The second-order valence-corrected chi connectivity index (χ2v) is 3.40. The Balaban J connectivity index is 1.76. The topological polar surface area (TPSA) is 60.2 Å². The highest BCUT2D eigenvalue weighted by molar-refractivity contribution is 4.87. The first kappa shape index (κ1) is 9.61. The van der Waals surface area contributed by atoms with Gasteiger partial charge >= 0.3 is 0 Å². The standard InChI is InChI=1S/C9H15N3O2/c1-2-13-6-8-11-9(14-12-8)5-10-7-3-4-7/h7,10H,2-6H2,1H3. The Morgan fingerprint density at radius 3 is 3.14 bits per heavy atom. The molecule has 0 radical (unpaired) electrons. The quantitative estimate of drug-likeness (QED) is 0.732. The summed E-state index contributed by atoms with van der Waals surface area (Å²) in [6, 6.07) is 0.664. The van der Waals surface area contributed by atoms with Gasteiger partial charge in [0.25, 0.3) is 0 Å². The Labute approximate surface area is 82.8 Å². The van der Waals surface area contributed by atoms with Crippen molar-refractivity contribution in [3.63, 3.8) is 0 Å². The van der Waals surface area contributed by atoms with Crippen molar-refractivity contribution in [2.75, 3.05) is 6.61 Å². The van der Waals surface area contributed by atoms with Crippen molar-refractivity contribution in [1.29, 1.82) is 0 Å². The fourth-order valence-corrected chi connectivity index (χ4v) is 1.13. The van der Waals surface area contributed by atoms with E-state index in [1.165, 1.54) is 12.8 Å². The van der Waals surface area contributed by atoms with Gasteiger partial charge in [-0.15, -0.1) is 0 Å². The number of ether oxygens (including phenoxy) is 1. The van der Waals surface area contributed by atoms with E-state index in [1.807, 2.05) is 6.92 Å². The van der Waals surface area contributed by atoms with Crippen molar-refractivity contribution in [2.45, 2.75) is 39.0 Å². The third kappa shape index (κ3) is 2.78. The number of hydrogen-bond donors (Lipinski definition) is 1. The van der Waals surface area contributed by atoms with E-state index in [4.69, 9.17) is 9.26 Å². The molecule has 14 heavy (non-hydrogen) atoms. The van der Waals surface area contributed by atoms with Gasteiger partial charge in [0.2, 0.25) is 5.89 Å². The lowest BCUT2D eigenvalue weighted by Gasteiger charge is -1.95. The maximum Gasteiger partial charge on any atom is 0.240 e. The molecule has 1 aromatic heterocycles. The lowest BCUT2D eigenvalue weighted by molar-refractivity contribution is 0.126. The van der Waals surface area contributed by atoms with Gasteiger partial charge in [0.15, 0.2) is 5.82 Å². The first-order valence-corrected chi connectivity index (χ1v) is 5.01. The zero-order valence-electron chi connectivity index (χ0n) is 8.32. The molecule has 78 valence electrons. The third-order valence-electron chi connectivity index (χ3n) is 2.06. The smallest absolute Gasteiger partial charge is 0.240 e. The van der Waals surface area contributed by atoms with Crippen LogP contribution in [0.1, 0.15) is 31.5 Å². The molecule has 5 heteroatoms. The van der Waals surface area contributed by atoms with Gasteiger partial charge in [0.05, 0.1) is 6.54 Å². The van der Waals surface area contributed by atoms with Crippen molar-refractivity contribution in [3.8, 4) is 0 Å². The number of nitrogens with zero attached hydrogens (tertiary/aromatic N) is 2. The summed E-state index contributed by atoms with van der Waals surface area (Å²) < 4.78 is 10.2. The lowest BCUT2D eigenvalue weighted by atomic mass is 10.5. The van der Waals surface area contributed by atoms with Crippen LogP contribution in [0.4, 0.5) is 0 Å². The van der Waals surface area contributed by atoms with Crippen LogP contribution in [0.15, 0.2) is 4.52 Å². The van der Waals surface area contributed by atoms with Crippen molar-refractivity contribution in [2.24, 2.45) is 0 Å². The van der Waals surface area contributed by atoms with Crippen LogP contribution in [0.25, 0.3) is 0 Å². The van der Waals surface area contributed by atoms with Crippen LogP contribution < -0.4 is 5.32 Å². The second-order valence-electron chi connectivity index (χ2n) is 3.40. The third-order valence-corrected chi connectivity index (χ3v) is 2.06. The number of aromatic nitrogens is 2. The highest BCUT2D eigenvalue weighted by Gasteiger charge is 2.21. The summed E-state index contributed by atoms with van der Waals surface area (Å²) in [5.74, 6) is 1.27. The molecule has 1 N–H and O–H groups in total. The number of hydrogen-bond acceptors (Lipinski definition) is 5. The van der Waals surface area contributed by atoms with Gasteiger partial charge in [0, 0.05) is 12.6 Å². The van der Waals surface area contributed by atoms with E-state index in [2.05, 4.69) is 15.5 Å². The summed E-state index contributed by atoms with van der Waals surface area (Å²) in [6.07, 6.45) is 2.53. The molecule has 0 atom stereocenters. The highest BCUT2D eigenvalue weighted by Crippen LogP contribution is 2.18. The molecule has 0 amide bonds. The van der Waals surface area contributed by atoms with Gasteiger partial charge in [-0.25, -0.2) is 0 Å². The molecule has 0 aromatic carbocycles. The molecule has 1 heterocycles. The first-order valence-electron chi connectivity index (χ1n) is 5.01. The van der Waals surface area contributed by atoms with E-state index in [9.17, 15) is 0 Å².